The summed E-state index contributed by atoms with van der Waals surface area (Å²) in [6.07, 6.45) is 35.1. The molecule has 0 aliphatic heterocycles. The second-order valence-corrected chi connectivity index (χ2v) is 12.4. The molecule has 0 aliphatic carbocycles. The molecule has 5 nitrogen and oxygen atoms in total. The van der Waals surface area contributed by atoms with Gasteiger partial charge in [-0.1, -0.05) is 180 Å². The van der Waals surface area contributed by atoms with Crippen molar-refractivity contribution in [1.29, 1.82) is 0 Å². The standard InChI is InChI=1S/C36H71NO4/c1-3-5-7-9-11-13-15-17-18-19-21-22-24-26-28-30-34(39)33(32-38)37-36(41)35(40)31-29-27-25-23-20-16-14-12-10-8-6-4-2/h28,30,33-35,38-40H,3-27,29,31-32H2,1-2H3,(H,37,41)/b30-28+. The summed E-state index contributed by atoms with van der Waals surface area (Å²) in [5.74, 6) is -0.504. The van der Waals surface area contributed by atoms with Gasteiger partial charge in [-0.2, -0.15) is 0 Å². The molecule has 0 saturated carbocycles. The van der Waals surface area contributed by atoms with Gasteiger partial charge in [-0.25, -0.2) is 0 Å². The van der Waals surface area contributed by atoms with E-state index < -0.39 is 24.2 Å². The van der Waals surface area contributed by atoms with E-state index in [1.165, 1.54) is 135 Å². The molecule has 0 saturated heterocycles. The molecule has 4 N–H and O–H groups in total. The lowest BCUT2D eigenvalue weighted by molar-refractivity contribution is -0.131. The number of hydrogen-bond acceptors (Lipinski definition) is 4. The van der Waals surface area contributed by atoms with Crippen LogP contribution in [-0.2, 0) is 4.79 Å². The Bertz CT molecular complexity index is 568. The van der Waals surface area contributed by atoms with Crippen molar-refractivity contribution in [3.05, 3.63) is 12.2 Å². The van der Waals surface area contributed by atoms with Gasteiger partial charge in [0.1, 0.15) is 6.10 Å². The van der Waals surface area contributed by atoms with E-state index in [1.54, 1.807) is 6.08 Å². The number of amides is 1. The van der Waals surface area contributed by atoms with Crippen LogP contribution >= 0.6 is 0 Å². The largest absolute Gasteiger partial charge is 0.394 e. The SMILES string of the molecule is CCCCCCCCCCCCCCC/C=C/C(O)C(CO)NC(=O)C(O)CCCCCCCCCCCCCC. The van der Waals surface area contributed by atoms with Gasteiger partial charge in [0.2, 0.25) is 5.91 Å². The van der Waals surface area contributed by atoms with Crippen LogP contribution in [0.1, 0.15) is 187 Å². The second-order valence-electron chi connectivity index (χ2n) is 12.4. The molecule has 1 amide bonds. The van der Waals surface area contributed by atoms with Gasteiger partial charge in [-0.05, 0) is 19.3 Å². The van der Waals surface area contributed by atoms with Crippen molar-refractivity contribution in [2.45, 2.75) is 205 Å². The zero-order valence-electron chi connectivity index (χ0n) is 27.4. The van der Waals surface area contributed by atoms with Crippen molar-refractivity contribution in [3.8, 4) is 0 Å². The van der Waals surface area contributed by atoms with Gasteiger partial charge < -0.3 is 20.6 Å². The van der Waals surface area contributed by atoms with E-state index in [4.69, 9.17) is 0 Å². The molecule has 3 atom stereocenters. The van der Waals surface area contributed by atoms with Gasteiger partial charge in [-0.15, -0.1) is 0 Å². The molecule has 0 aromatic carbocycles. The number of aliphatic hydroxyl groups excluding tert-OH is 3. The molecule has 0 spiro atoms. The molecule has 0 aromatic heterocycles. The first-order valence-electron chi connectivity index (χ1n) is 18.0. The van der Waals surface area contributed by atoms with Crippen LogP contribution in [0.25, 0.3) is 0 Å². The van der Waals surface area contributed by atoms with E-state index >= 15 is 0 Å². The van der Waals surface area contributed by atoms with Gasteiger partial charge in [0.05, 0.1) is 18.8 Å². The summed E-state index contributed by atoms with van der Waals surface area (Å²) in [4.78, 5) is 12.4. The first-order valence-corrected chi connectivity index (χ1v) is 18.0. The number of rotatable bonds is 32. The molecule has 0 rings (SSSR count). The van der Waals surface area contributed by atoms with Gasteiger partial charge in [-0.3, -0.25) is 4.79 Å². The van der Waals surface area contributed by atoms with Crippen LogP contribution in [0.4, 0.5) is 0 Å². The number of unbranched alkanes of at least 4 members (excludes halogenated alkanes) is 24. The van der Waals surface area contributed by atoms with Gasteiger partial charge in [0.15, 0.2) is 0 Å². The zero-order chi connectivity index (χ0) is 30.2. The van der Waals surface area contributed by atoms with Crippen molar-refractivity contribution in [2.24, 2.45) is 0 Å². The molecule has 3 unspecified atom stereocenters. The minimum atomic E-state index is -1.09. The van der Waals surface area contributed by atoms with Gasteiger partial charge >= 0.3 is 0 Å². The molecular formula is C36H71NO4. The predicted octanol–water partition coefficient (Wildman–Crippen LogP) is 9.31. The third kappa shape index (κ3) is 27.7. The van der Waals surface area contributed by atoms with Crippen molar-refractivity contribution in [3.63, 3.8) is 0 Å². The lowest BCUT2D eigenvalue weighted by Crippen LogP contribution is -2.48. The number of aliphatic hydroxyl groups is 3. The van der Waals surface area contributed by atoms with E-state index in [1.807, 2.05) is 6.08 Å². The predicted molar refractivity (Wildman–Crippen MR) is 176 cm³/mol. The quantitative estimate of drug-likeness (QED) is 0.0471. The van der Waals surface area contributed by atoms with Crippen LogP contribution in [0.5, 0.6) is 0 Å². The molecule has 244 valence electrons. The average Bonchev–Trinajstić information content (AvgIpc) is 2.98. The summed E-state index contributed by atoms with van der Waals surface area (Å²) in [7, 11) is 0. The fourth-order valence-corrected chi connectivity index (χ4v) is 5.48. The number of allylic oxidation sites excluding steroid dienone is 1. The molecule has 0 radical (unpaired) electrons. The Balaban J connectivity index is 3.74. The van der Waals surface area contributed by atoms with Gasteiger partial charge in [0, 0.05) is 0 Å². The number of nitrogens with one attached hydrogen (secondary N) is 1. The maximum absolute atomic E-state index is 12.4. The lowest BCUT2D eigenvalue weighted by Gasteiger charge is -2.21. The zero-order valence-corrected chi connectivity index (χ0v) is 27.4. The van der Waals surface area contributed by atoms with E-state index in [0.29, 0.717) is 6.42 Å². The van der Waals surface area contributed by atoms with Crippen molar-refractivity contribution in [2.75, 3.05) is 6.61 Å². The molecule has 0 bridgehead atoms. The fraction of sp³-hybridized carbons (Fsp3) is 0.917. The summed E-state index contributed by atoms with van der Waals surface area (Å²) in [5, 5.41) is 32.9. The first-order chi connectivity index (χ1) is 20.1. The van der Waals surface area contributed by atoms with Crippen LogP contribution in [-0.4, -0.2) is 46.1 Å². The summed E-state index contributed by atoms with van der Waals surface area (Å²) >= 11 is 0. The Labute approximate surface area is 255 Å². The molecule has 41 heavy (non-hydrogen) atoms. The smallest absolute Gasteiger partial charge is 0.249 e. The molecule has 0 aliphatic rings. The van der Waals surface area contributed by atoms with Crippen molar-refractivity contribution in [1.82, 2.24) is 5.32 Å². The maximum atomic E-state index is 12.4. The monoisotopic (exact) mass is 582 g/mol. The van der Waals surface area contributed by atoms with Gasteiger partial charge in [0.25, 0.3) is 0 Å². The highest BCUT2D eigenvalue weighted by molar-refractivity contribution is 5.80. The highest BCUT2D eigenvalue weighted by Crippen LogP contribution is 2.15. The molecule has 5 heteroatoms. The summed E-state index contributed by atoms with van der Waals surface area (Å²) in [6.45, 7) is 4.16. The lowest BCUT2D eigenvalue weighted by atomic mass is 10.0. The van der Waals surface area contributed by atoms with Crippen LogP contribution < -0.4 is 5.32 Å². The van der Waals surface area contributed by atoms with Crippen LogP contribution in [0.2, 0.25) is 0 Å². The van der Waals surface area contributed by atoms with E-state index in [2.05, 4.69) is 19.2 Å². The Kier molecular flexibility index (Phi) is 31.3. The van der Waals surface area contributed by atoms with E-state index in [0.717, 1.165) is 32.1 Å². The summed E-state index contributed by atoms with van der Waals surface area (Å²) in [5.41, 5.74) is 0. The highest BCUT2D eigenvalue weighted by atomic mass is 16.3. The first kappa shape index (κ1) is 40.1. The van der Waals surface area contributed by atoms with E-state index in [-0.39, 0.29) is 6.61 Å². The topological polar surface area (TPSA) is 89.8 Å². The fourth-order valence-electron chi connectivity index (χ4n) is 5.48. The Morgan fingerprint density at radius 3 is 1.34 bits per heavy atom. The second kappa shape index (κ2) is 32.0. The Morgan fingerprint density at radius 1 is 0.585 bits per heavy atom. The molecule has 0 heterocycles. The Morgan fingerprint density at radius 2 is 0.951 bits per heavy atom. The molecule has 0 aromatic rings. The van der Waals surface area contributed by atoms with Crippen LogP contribution in [0.15, 0.2) is 12.2 Å². The third-order valence-electron chi connectivity index (χ3n) is 8.38. The van der Waals surface area contributed by atoms with Crippen LogP contribution in [0.3, 0.4) is 0 Å². The summed E-state index contributed by atoms with van der Waals surface area (Å²) < 4.78 is 0. The Hall–Kier alpha value is -0.910. The van der Waals surface area contributed by atoms with Crippen LogP contribution in [0, 0.1) is 0 Å². The minimum Gasteiger partial charge on any atom is -0.394 e. The third-order valence-corrected chi connectivity index (χ3v) is 8.38. The maximum Gasteiger partial charge on any atom is 0.249 e. The molecular weight excluding hydrogens is 510 g/mol. The average molecular weight is 582 g/mol. The number of carbonyl (C=O) groups excluding carboxylic acids is 1. The van der Waals surface area contributed by atoms with Crippen molar-refractivity contribution < 1.29 is 20.1 Å². The normalized spacial score (nSPS) is 14.0. The highest BCUT2D eigenvalue weighted by Gasteiger charge is 2.22. The minimum absolute atomic E-state index is 0.360. The number of hydrogen-bond donors (Lipinski definition) is 4. The van der Waals surface area contributed by atoms with E-state index in [9.17, 15) is 20.1 Å². The molecule has 0 fully saturated rings. The number of carbonyl (C=O) groups is 1. The van der Waals surface area contributed by atoms with Crippen molar-refractivity contribution >= 4 is 5.91 Å². The summed E-state index contributed by atoms with van der Waals surface area (Å²) in [6, 6.07) is -0.790.